The number of nitriles is 1. The van der Waals surface area contributed by atoms with Crippen LogP contribution in [0.5, 0.6) is 11.5 Å². The number of hydrogen-bond donors (Lipinski definition) is 4. The Bertz CT molecular complexity index is 1800. The van der Waals surface area contributed by atoms with Crippen molar-refractivity contribution in [3.63, 3.8) is 0 Å². The van der Waals surface area contributed by atoms with Gasteiger partial charge in [-0.3, -0.25) is 28.9 Å². The van der Waals surface area contributed by atoms with Gasteiger partial charge in [-0.25, -0.2) is 0 Å². The van der Waals surface area contributed by atoms with Crippen molar-refractivity contribution >= 4 is 29.0 Å². The third-order valence-electron chi connectivity index (χ3n) is 9.50. The number of primary amides is 1. The first-order valence-corrected chi connectivity index (χ1v) is 14.3. The van der Waals surface area contributed by atoms with Crippen molar-refractivity contribution in [2.45, 2.75) is 43.3 Å². The van der Waals surface area contributed by atoms with E-state index in [0.29, 0.717) is 28.9 Å². The molecule has 0 heterocycles. The van der Waals surface area contributed by atoms with Gasteiger partial charge in [0.15, 0.2) is 34.5 Å². The van der Waals surface area contributed by atoms with Gasteiger partial charge in [-0.1, -0.05) is 18.8 Å². The molecule has 45 heavy (non-hydrogen) atoms. The molecule has 232 valence electrons. The van der Waals surface area contributed by atoms with E-state index in [1.807, 2.05) is 6.92 Å². The van der Waals surface area contributed by atoms with Crippen LogP contribution in [0.2, 0.25) is 0 Å². The van der Waals surface area contributed by atoms with Crippen molar-refractivity contribution in [1.82, 2.24) is 4.90 Å². The molecule has 0 spiro atoms. The zero-order valence-corrected chi connectivity index (χ0v) is 25.3. The SMILES string of the molecule is CCc1cc(C#Cc2ccc(OC)cc2)c(O)c2c1C[C@@]1(N)C[C@@]3(N)[C@H](N(C)C)C(=O)C(C(N)=O)C(=O)[C@@]3(C#N)C(=O)C1C2=O. The smallest absolute Gasteiger partial charge is 0.235 e. The van der Waals surface area contributed by atoms with E-state index >= 15 is 0 Å². The number of fused-ring (bicyclic) bond motifs is 3. The monoisotopic (exact) mass is 611 g/mol. The van der Waals surface area contributed by atoms with E-state index in [1.54, 1.807) is 36.4 Å². The summed E-state index contributed by atoms with van der Waals surface area (Å²) in [5.41, 5.74) is 14.0. The number of benzene rings is 2. The van der Waals surface area contributed by atoms with E-state index in [9.17, 15) is 34.3 Å². The molecule has 2 aromatic rings. The number of methoxy groups -OCH3 is 1. The minimum absolute atomic E-state index is 0.129. The summed E-state index contributed by atoms with van der Waals surface area (Å²) in [4.78, 5) is 69.9. The predicted octanol–water partition coefficient (Wildman–Crippen LogP) is -0.221. The van der Waals surface area contributed by atoms with Crippen LogP contribution in [-0.4, -0.2) is 77.4 Å². The zero-order valence-electron chi connectivity index (χ0n) is 25.3. The fourth-order valence-corrected chi connectivity index (χ4v) is 7.57. The van der Waals surface area contributed by atoms with E-state index < -0.39 is 75.6 Å². The van der Waals surface area contributed by atoms with Crippen LogP contribution >= 0.6 is 0 Å². The first-order valence-electron chi connectivity index (χ1n) is 14.3. The highest BCUT2D eigenvalue weighted by atomic mass is 16.5. The molecule has 0 bridgehead atoms. The van der Waals surface area contributed by atoms with Crippen LogP contribution in [0.15, 0.2) is 30.3 Å². The second-order valence-electron chi connectivity index (χ2n) is 12.2. The summed E-state index contributed by atoms with van der Waals surface area (Å²) in [6.07, 6.45) is -0.186. The number of likely N-dealkylation sites (N-methyl/N-ethyl adjacent to an activating group) is 1. The maximum absolute atomic E-state index is 14.5. The zero-order chi connectivity index (χ0) is 33.2. The van der Waals surface area contributed by atoms with E-state index in [1.165, 1.54) is 26.1 Å². The van der Waals surface area contributed by atoms with Crippen LogP contribution in [-0.2, 0) is 32.0 Å². The Labute approximate surface area is 259 Å². The van der Waals surface area contributed by atoms with Crippen molar-refractivity contribution < 1.29 is 33.8 Å². The summed E-state index contributed by atoms with van der Waals surface area (Å²) in [7, 11) is 4.44. The van der Waals surface area contributed by atoms with Crippen molar-refractivity contribution in [3.05, 3.63) is 58.1 Å². The standard InChI is InChI=1S/C33H33N5O7/c1-5-17-12-18(9-6-16-7-10-19(45-4)11-8-16)24(39)21-20(17)13-31(36)14-33(37)27(38(2)3)26(41)22(30(35)44)28(42)32(33,15-34)29(43)23(31)25(21)40/h7-8,10-12,22-23,27,39H,5,13-14,36-37H2,1-4H3,(H2,35,44)/t22?,23?,27-,31-,32+,33-/m1/s1. The lowest BCUT2D eigenvalue weighted by molar-refractivity contribution is -0.166. The van der Waals surface area contributed by atoms with Gasteiger partial charge in [-0.05, 0) is 74.8 Å². The average molecular weight is 612 g/mol. The van der Waals surface area contributed by atoms with E-state index in [2.05, 4.69) is 11.8 Å². The number of Topliss-reactive ketones (excluding diaryl/α,β-unsaturated/α-hetero) is 4. The summed E-state index contributed by atoms with van der Waals surface area (Å²) in [6, 6.07) is 8.79. The molecule has 0 radical (unpaired) electrons. The lowest BCUT2D eigenvalue weighted by atomic mass is 9.42. The van der Waals surface area contributed by atoms with Crippen LogP contribution in [0, 0.1) is 40.4 Å². The fraction of sp³-hybridized carbons (Fsp3) is 0.394. The molecule has 3 aliphatic rings. The van der Waals surface area contributed by atoms with Gasteiger partial charge in [0.05, 0.1) is 35.9 Å². The number of aryl methyl sites for hydroxylation is 1. The van der Waals surface area contributed by atoms with Crippen molar-refractivity contribution in [2.24, 2.45) is 34.5 Å². The molecule has 2 aromatic carbocycles. The van der Waals surface area contributed by atoms with Gasteiger partial charge in [0.25, 0.3) is 0 Å². The Kier molecular flexibility index (Phi) is 7.45. The summed E-state index contributed by atoms with van der Waals surface area (Å²) in [5, 5.41) is 21.9. The molecule has 6 atom stereocenters. The predicted molar refractivity (Wildman–Crippen MR) is 160 cm³/mol. The molecule has 0 aromatic heterocycles. The number of carbonyl (C=O) groups is 5. The number of phenols is 1. The van der Waals surface area contributed by atoms with Gasteiger partial charge < -0.3 is 27.0 Å². The van der Waals surface area contributed by atoms with Gasteiger partial charge in [0.1, 0.15) is 17.4 Å². The Morgan fingerprint density at radius 1 is 1.11 bits per heavy atom. The van der Waals surface area contributed by atoms with Gasteiger partial charge >= 0.3 is 0 Å². The number of ketones is 4. The molecule has 2 fully saturated rings. The van der Waals surface area contributed by atoms with E-state index in [0.717, 1.165) is 0 Å². The average Bonchev–Trinajstić information content (AvgIpc) is 2.96. The van der Waals surface area contributed by atoms with Crippen molar-refractivity contribution in [3.8, 4) is 29.4 Å². The summed E-state index contributed by atoms with van der Waals surface area (Å²) in [5.74, 6) is -3.70. The first-order chi connectivity index (χ1) is 21.1. The van der Waals surface area contributed by atoms with E-state index in [4.69, 9.17) is 21.9 Å². The molecule has 5 rings (SSSR count). The maximum Gasteiger partial charge on any atom is 0.235 e. The number of nitrogens with zero attached hydrogens (tertiary/aromatic N) is 2. The molecule has 0 aliphatic heterocycles. The van der Waals surface area contributed by atoms with E-state index in [-0.39, 0.29) is 17.5 Å². The number of amides is 1. The third kappa shape index (κ3) is 4.21. The van der Waals surface area contributed by atoms with Gasteiger partial charge in [0.2, 0.25) is 5.91 Å². The maximum atomic E-state index is 14.5. The summed E-state index contributed by atoms with van der Waals surface area (Å²) >= 11 is 0. The Balaban J connectivity index is 1.71. The largest absolute Gasteiger partial charge is 0.506 e. The minimum atomic E-state index is -2.80. The highest BCUT2D eigenvalue weighted by Crippen LogP contribution is 2.56. The van der Waals surface area contributed by atoms with Crippen molar-refractivity contribution in [2.75, 3.05) is 21.2 Å². The lowest BCUT2D eigenvalue weighted by Crippen LogP contribution is -2.85. The molecule has 2 saturated carbocycles. The quantitative estimate of drug-likeness (QED) is 0.261. The van der Waals surface area contributed by atoms with Gasteiger partial charge in [0, 0.05) is 11.1 Å². The molecular weight excluding hydrogens is 578 g/mol. The molecule has 2 unspecified atom stereocenters. The van der Waals surface area contributed by atoms with Gasteiger partial charge in [-0.2, -0.15) is 5.26 Å². The molecule has 12 heteroatoms. The number of aromatic hydroxyl groups is 1. The Morgan fingerprint density at radius 3 is 2.29 bits per heavy atom. The molecule has 7 N–H and O–H groups in total. The molecule has 1 amide bonds. The highest BCUT2D eigenvalue weighted by molar-refractivity contribution is 6.33. The second-order valence-corrected chi connectivity index (χ2v) is 12.2. The third-order valence-corrected chi connectivity index (χ3v) is 9.50. The minimum Gasteiger partial charge on any atom is -0.506 e. The van der Waals surface area contributed by atoms with Crippen LogP contribution in [0.1, 0.15) is 46.0 Å². The molecule has 3 aliphatic carbocycles. The first kappa shape index (κ1) is 31.5. The number of carbonyl (C=O) groups excluding carboxylic acids is 5. The second kappa shape index (κ2) is 10.6. The summed E-state index contributed by atoms with van der Waals surface area (Å²) in [6.45, 7) is 1.84. The van der Waals surface area contributed by atoms with Crippen LogP contribution in [0.3, 0.4) is 0 Å². The summed E-state index contributed by atoms with van der Waals surface area (Å²) < 4.78 is 5.16. The molecule has 12 nitrogen and oxygen atoms in total. The number of hydrogen-bond acceptors (Lipinski definition) is 11. The number of rotatable bonds is 4. The fourth-order valence-electron chi connectivity index (χ4n) is 7.57. The number of nitrogens with two attached hydrogens (primary N) is 3. The topological polar surface area (TPSA) is 220 Å². The highest BCUT2D eigenvalue weighted by Gasteiger charge is 2.78. The van der Waals surface area contributed by atoms with Crippen molar-refractivity contribution in [1.29, 1.82) is 5.26 Å². The Morgan fingerprint density at radius 2 is 1.76 bits per heavy atom. The molecular formula is C33H33N5O7. The number of phenolic OH excluding ortho intramolecular Hbond substituents is 1. The van der Waals surface area contributed by atoms with Crippen LogP contribution < -0.4 is 21.9 Å². The molecule has 0 saturated heterocycles. The normalized spacial score (nSPS) is 30.4. The van der Waals surface area contributed by atoms with Gasteiger partial charge in [-0.15, -0.1) is 0 Å². The number of ether oxygens (including phenoxy) is 1. The van der Waals surface area contributed by atoms with Crippen LogP contribution in [0.4, 0.5) is 0 Å². The lowest BCUT2D eigenvalue weighted by Gasteiger charge is -2.60. The van der Waals surface area contributed by atoms with Crippen LogP contribution in [0.25, 0.3) is 0 Å². The Hall–Kier alpha value is -4.88.